The van der Waals surface area contributed by atoms with Gasteiger partial charge in [-0.2, -0.15) is 0 Å². The molecular weight excluding hydrogens is 519 g/mol. The molecule has 0 aromatic heterocycles. The van der Waals surface area contributed by atoms with Crippen molar-refractivity contribution in [3.05, 3.63) is 23.5 Å². The van der Waals surface area contributed by atoms with Gasteiger partial charge in [0.1, 0.15) is 5.75 Å². The third kappa shape index (κ3) is 5.39. The van der Waals surface area contributed by atoms with E-state index in [1.54, 1.807) is 14.0 Å². The fourth-order valence-corrected chi connectivity index (χ4v) is 7.21. The number of rotatable bonds is 10. The van der Waals surface area contributed by atoms with Crippen LogP contribution in [0.15, 0.2) is 12.1 Å². The molecule has 9 nitrogen and oxygen atoms in total. The molecule has 2 bridgehead atoms. The lowest BCUT2D eigenvalue weighted by molar-refractivity contribution is -0.150. The second-order valence-electron chi connectivity index (χ2n) is 12.5. The number of benzene rings is 1. The van der Waals surface area contributed by atoms with E-state index < -0.39 is 23.1 Å². The van der Waals surface area contributed by atoms with Gasteiger partial charge < -0.3 is 30.0 Å². The number of fused-ring (bicyclic) bond motifs is 2. The monoisotopic (exact) mass is 560 g/mol. The van der Waals surface area contributed by atoms with Crippen LogP contribution in [0.2, 0.25) is 0 Å². The lowest BCUT2D eigenvalue weighted by Gasteiger charge is -2.41. The van der Waals surface area contributed by atoms with E-state index in [4.69, 9.17) is 14.2 Å². The van der Waals surface area contributed by atoms with Crippen LogP contribution in [0.4, 0.5) is 4.39 Å². The van der Waals surface area contributed by atoms with Crippen LogP contribution in [-0.4, -0.2) is 61.4 Å². The number of carbonyl (C=O) groups is 3. The van der Waals surface area contributed by atoms with Gasteiger partial charge in [-0.15, -0.1) is 0 Å². The first-order chi connectivity index (χ1) is 19.1. The molecule has 4 fully saturated rings. The van der Waals surface area contributed by atoms with Crippen LogP contribution in [0.1, 0.15) is 81.5 Å². The van der Waals surface area contributed by atoms with Gasteiger partial charge in [0.15, 0.2) is 11.6 Å². The smallest absolute Gasteiger partial charge is 0.309 e. The minimum atomic E-state index is -0.839. The summed E-state index contributed by atoms with van der Waals surface area (Å²) in [6, 6.07) is 2.18. The molecule has 0 unspecified atom stereocenters. The van der Waals surface area contributed by atoms with Crippen molar-refractivity contribution in [3.8, 4) is 11.5 Å². The molecule has 2 amide bonds. The van der Waals surface area contributed by atoms with Gasteiger partial charge in [0.25, 0.3) is 5.91 Å². The fourth-order valence-electron chi connectivity index (χ4n) is 7.21. The Morgan fingerprint density at radius 2 is 1.73 bits per heavy atom. The van der Waals surface area contributed by atoms with Crippen LogP contribution >= 0.6 is 0 Å². The number of hydrogen-bond donors (Lipinski definition) is 3. The summed E-state index contributed by atoms with van der Waals surface area (Å²) < 4.78 is 31.9. The van der Waals surface area contributed by atoms with Crippen molar-refractivity contribution in [2.45, 2.75) is 88.9 Å². The zero-order chi connectivity index (χ0) is 28.7. The summed E-state index contributed by atoms with van der Waals surface area (Å²) in [4.78, 5) is 38.5. The molecule has 10 heteroatoms. The fraction of sp³-hybridized carbons (Fsp3) is 0.700. The van der Waals surface area contributed by atoms with E-state index in [1.807, 2.05) is 0 Å². The molecule has 3 N–H and O–H groups in total. The minimum Gasteiger partial charge on any atom is -0.496 e. The molecule has 4 aliphatic rings. The molecule has 4 aliphatic carbocycles. The van der Waals surface area contributed by atoms with Gasteiger partial charge in [0, 0.05) is 25.8 Å². The Labute approximate surface area is 234 Å². The van der Waals surface area contributed by atoms with Crippen molar-refractivity contribution in [2.24, 2.45) is 23.2 Å². The number of aliphatic carboxylic acids is 1. The molecule has 0 heterocycles. The SMILES string of the molecule is COc1cc(F)c(O[C@H]2CC[C@@](C)(C(=O)O)CC2)cc1C(=O)N[C@@H]1[C@H]2CC[C@H](C2)[C@@H]1C(=O)NCC1(OC)CCC1. The van der Waals surface area contributed by atoms with Gasteiger partial charge in [-0.25, -0.2) is 4.39 Å². The Morgan fingerprint density at radius 3 is 2.33 bits per heavy atom. The molecule has 0 radical (unpaired) electrons. The lowest BCUT2D eigenvalue weighted by Crippen LogP contribution is -2.54. The minimum absolute atomic E-state index is 0.0541. The van der Waals surface area contributed by atoms with E-state index in [2.05, 4.69) is 10.6 Å². The van der Waals surface area contributed by atoms with Crippen LogP contribution in [0.25, 0.3) is 0 Å². The maximum Gasteiger partial charge on any atom is 0.309 e. The van der Waals surface area contributed by atoms with Gasteiger partial charge >= 0.3 is 5.97 Å². The molecule has 0 saturated heterocycles. The first-order valence-electron chi connectivity index (χ1n) is 14.5. The predicted octanol–water partition coefficient (Wildman–Crippen LogP) is 4.08. The molecule has 1 aromatic carbocycles. The van der Waals surface area contributed by atoms with E-state index in [9.17, 15) is 23.9 Å². The van der Waals surface area contributed by atoms with Crippen LogP contribution in [0.5, 0.6) is 11.5 Å². The first kappa shape index (κ1) is 28.6. The largest absolute Gasteiger partial charge is 0.496 e. The molecule has 0 spiro atoms. The summed E-state index contributed by atoms with van der Waals surface area (Å²) in [5.74, 6) is -1.87. The molecule has 220 valence electrons. The molecule has 4 saturated carbocycles. The Kier molecular flexibility index (Phi) is 8.01. The third-order valence-corrected chi connectivity index (χ3v) is 10.1. The highest BCUT2D eigenvalue weighted by Crippen LogP contribution is 2.49. The molecule has 40 heavy (non-hydrogen) atoms. The number of methoxy groups -OCH3 is 2. The number of carboxylic acid groups (broad SMARTS) is 1. The number of carboxylic acids is 1. The summed E-state index contributed by atoms with van der Waals surface area (Å²) in [6.45, 7) is 2.18. The summed E-state index contributed by atoms with van der Waals surface area (Å²) in [6.07, 6.45) is 7.20. The Balaban J connectivity index is 1.28. The van der Waals surface area contributed by atoms with Crippen molar-refractivity contribution >= 4 is 17.8 Å². The summed E-state index contributed by atoms with van der Waals surface area (Å²) in [7, 11) is 3.06. The van der Waals surface area contributed by atoms with E-state index in [0.29, 0.717) is 32.2 Å². The maximum atomic E-state index is 15.0. The normalized spacial score (nSPS) is 32.1. The van der Waals surface area contributed by atoms with Crippen molar-refractivity contribution < 1.29 is 38.1 Å². The van der Waals surface area contributed by atoms with Gasteiger partial charge in [0.05, 0.1) is 35.7 Å². The lowest BCUT2D eigenvalue weighted by atomic mass is 9.75. The molecule has 5 rings (SSSR count). The van der Waals surface area contributed by atoms with Crippen molar-refractivity contribution in [2.75, 3.05) is 20.8 Å². The van der Waals surface area contributed by atoms with Gasteiger partial charge in [0.2, 0.25) is 5.91 Å². The number of halogens is 1. The predicted molar refractivity (Wildman–Crippen MR) is 144 cm³/mol. The summed E-state index contributed by atoms with van der Waals surface area (Å²) >= 11 is 0. The van der Waals surface area contributed by atoms with E-state index in [-0.39, 0.29) is 58.5 Å². The highest BCUT2D eigenvalue weighted by Gasteiger charge is 2.52. The highest BCUT2D eigenvalue weighted by atomic mass is 19.1. The molecular formula is C30H41FN2O7. The van der Waals surface area contributed by atoms with Crippen molar-refractivity contribution in [1.29, 1.82) is 0 Å². The Hall–Kier alpha value is -2.88. The van der Waals surface area contributed by atoms with Crippen molar-refractivity contribution in [1.82, 2.24) is 10.6 Å². The number of hydrogen-bond acceptors (Lipinski definition) is 6. The number of ether oxygens (including phenoxy) is 3. The topological polar surface area (TPSA) is 123 Å². The first-order valence-corrected chi connectivity index (χ1v) is 14.5. The van der Waals surface area contributed by atoms with Gasteiger partial charge in [-0.1, -0.05) is 0 Å². The second kappa shape index (κ2) is 11.2. The van der Waals surface area contributed by atoms with E-state index in [1.165, 1.54) is 13.2 Å². The second-order valence-corrected chi connectivity index (χ2v) is 12.5. The number of carbonyl (C=O) groups excluding carboxylic acids is 2. The van der Waals surface area contributed by atoms with Gasteiger partial charge in [-0.05, 0) is 89.0 Å². The number of nitrogens with one attached hydrogen (secondary N) is 2. The average Bonchev–Trinajstić information content (AvgIpc) is 3.52. The molecule has 1 aromatic rings. The zero-order valence-corrected chi connectivity index (χ0v) is 23.6. The van der Waals surface area contributed by atoms with E-state index >= 15 is 0 Å². The summed E-state index contributed by atoms with van der Waals surface area (Å²) in [5.41, 5.74) is -0.955. The highest BCUT2D eigenvalue weighted by molar-refractivity contribution is 5.98. The van der Waals surface area contributed by atoms with Gasteiger partial charge in [-0.3, -0.25) is 14.4 Å². The Bertz CT molecular complexity index is 1140. The third-order valence-electron chi connectivity index (χ3n) is 10.1. The van der Waals surface area contributed by atoms with Crippen molar-refractivity contribution in [3.63, 3.8) is 0 Å². The average molecular weight is 561 g/mol. The van der Waals surface area contributed by atoms with Crippen LogP contribution in [0, 0.1) is 29.0 Å². The molecule has 0 aliphatic heterocycles. The Morgan fingerprint density at radius 1 is 1.02 bits per heavy atom. The zero-order valence-electron chi connectivity index (χ0n) is 23.6. The summed E-state index contributed by atoms with van der Waals surface area (Å²) in [5, 5.41) is 15.7. The van der Waals surface area contributed by atoms with Crippen LogP contribution < -0.4 is 20.1 Å². The van der Waals surface area contributed by atoms with Crippen LogP contribution in [0.3, 0.4) is 0 Å². The van der Waals surface area contributed by atoms with E-state index in [0.717, 1.165) is 44.6 Å². The van der Waals surface area contributed by atoms with Crippen LogP contribution in [-0.2, 0) is 14.3 Å². The number of amides is 2. The standard InChI is InChI=1S/C30H41FN2O7/c1-29(28(36)37)11-7-19(8-12-29)40-23-14-20(22(38-2)15-21(23)31)26(34)33-25-18-6-5-17(13-18)24(25)27(35)32-16-30(39-3)9-4-10-30/h14-15,17-19,24-25H,4-13,16H2,1-3H3,(H,32,35)(H,33,34)(H,36,37)/t17-,18+,19-,24+,25-,29+/m1/s1. The quantitative estimate of drug-likeness (QED) is 0.394. The molecule has 4 atom stereocenters. The maximum absolute atomic E-state index is 15.0.